The van der Waals surface area contributed by atoms with Crippen LogP contribution in [-0.2, 0) is 9.47 Å². The van der Waals surface area contributed by atoms with Gasteiger partial charge in [0.2, 0.25) is 11.9 Å². The molecule has 1 aromatic heterocycles. The van der Waals surface area contributed by atoms with E-state index in [2.05, 4.69) is 19.8 Å². The Balaban J connectivity index is 1.73. The van der Waals surface area contributed by atoms with Crippen molar-refractivity contribution in [2.24, 2.45) is 0 Å². The molecular formula is C18H23N5O3. The third kappa shape index (κ3) is 3.71. The molecule has 1 atom stereocenters. The molecule has 8 nitrogen and oxygen atoms in total. The Morgan fingerprint density at radius 2 is 1.73 bits per heavy atom. The van der Waals surface area contributed by atoms with E-state index in [0.29, 0.717) is 37.5 Å². The minimum Gasteiger partial charge on any atom is -0.508 e. The number of morpholine rings is 2. The second kappa shape index (κ2) is 7.43. The Morgan fingerprint density at radius 3 is 2.46 bits per heavy atom. The molecule has 3 heterocycles. The molecule has 0 spiro atoms. The number of phenolic OH excluding ortho intramolecular Hbond substituents is 1. The number of aromatic nitrogens is 3. The number of rotatable bonds is 3. The van der Waals surface area contributed by atoms with Crippen molar-refractivity contribution < 1.29 is 14.6 Å². The van der Waals surface area contributed by atoms with E-state index in [1.807, 2.05) is 13.0 Å². The molecule has 2 aromatic rings. The van der Waals surface area contributed by atoms with Crippen molar-refractivity contribution in [2.75, 3.05) is 55.8 Å². The zero-order chi connectivity index (χ0) is 17.9. The molecule has 8 heteroatoms. The maximum atomic E-state index is 9.82. The molecule has 0 radical (unpaired) electrons. The number of benzene rings is 1. The van der Waals surface area contributed by atoms with Crippen molar-refractivity contribution in [1.82, 2.24) is 15.0 Å². The van der Waals surface area contributed by atoms with Gasteiger partial charge in [0.25, 0.3) is 0 Å². The lowest BCUT2D eigenvalue weighted by molar-refractivity contribution is 0.0526. The van der Waals surface area contributed by atoms with Gasteiger partial charge >= 0.3 is 0 Å². The van der Waals surface area contributed by atoms with Crippen LogP contribution >= 0.6 is 0 Å². The molecule has 1 N–H and O–H groups in total. The molecule has 0 aliphatic carbocycles. The SMILES string of the molecule is C[C@@H]1CN(c2nc(-c3cccc(O)c3)nc(N3CCOCC3)n2)CCO1. The number of nitrogens with zero attached hydrogens (tertiary/aromatic N) is 5. The van der Waals surface area contributed by atoms with Gasteiger partial charge in [-0.15, -0.1) is 0 Å². The van der Waals surface area contributed by atoms with Crippen LogP contribution in [0.5, 0.6) is 5.75 Å². The van der Waals surface area contributed by atoms with Crippen LogP contribution in [0, 0.1) is 0 Å². The molecule has 2 aliphatic heterocycles. The van der Waals surface area contributed by atoms with E-state index < -0.39 is 0 Å². The second-order valence-electron chi connectivity index (χ2n) is 6.54. The van der Waals surface area contributed by atoms with Crippen molar-refractivity contribution in [3.8, 4) is 17.1 Å². The molecule has 0 amide bonds. The van der Waals surface area contributed by atoms with Gasteiger partial charge in [0.15, 0.2) is 5.82 Å². The van der Waals surface area contributed by atoms with E-state index in [9.17, 15) is 5.11 Å². The lowest BCUT2D eigenvalue weighted by atomic mass is 10.2. The average Bonchev–Trinajstić information content (AvgIpc) is 2.68. The van der Waals surface area contributed by atoms with Crippen molar-refractivity contribution in [1.29, 1.82) is 0 Å². The van der Waals surface area contributed by atoms with E-state index in [4.69, 9.17) is 14.5 Å². The highest BCUT2D eigenvalue weighted by Gasteiger charge is 2.23. The molecule has 26 heavy (non-hydrogen) atoms. The largest absolute Gasteiger partial charge is 0.508 e. The van der Waals surface area contributed by atoms with Crippen LogP contribution in [-0.4, -0.2) is 72.2 Å². The summed E-state index contributed by atoms with van der Waals surface area (Å²) in [6, 6.07) is 6.99. The minimum absolute atomic E-state index is 0.136. The highest BCUT2D eigenvalue weighted by atomic mass is 16.5. The highest BCUT2D eigenvalue weighted by molar-refractivity contribution is 5.60. The molecule has 1 aromatic carbocycles. The Morgan fingerprint density at radius 1 is 1.00 bits per heavy atom. The van der Waals surface area contributed by atoms with E-state index >= 15 is 0 Å². The zero-order valence-electron chi connectivity index (χ0n) is 14.8. The summed E-state index contributed by atoms with van der Waals surface area (Å²) in [4.78, 5) is 18.3. The Labute approximate surface area is 152 Å². The van der Waals surface area contributed by atoms with Gasteiger partial charge in [-0.2, -0.15) is 15.0 Å². The van der Waals surface area contributed by atoms with Gasteiger partial charge < -0.3 is 24.4 Å². The van der Waals surface area contributed by atoms with Gasteiger partial charge in [-0.3, -0.25) is 0 Å². The fraction of sp³-hybridized carbons (Fsp3) is 0.500. The van der Waals surface area contributed by atoms with Crippen LogP contribution in [0.3, 0.4) is 0 Å². The fourth-order valence-corrected chi connectivity index (χ4v) is 3.17. The van der Waals surface area contributed by atoms with Crippen LogP contribution in [0.4, 0.5) is 11.9 Å². The van der Waals surface area contributed by atoms with Crippen molar-refractivity contribution in [3.05, 3.63) is 24.3 Å². The first-order valence-electron chi connectivity index (χ1n) is 8.94. The normalized spacial score (nSPS) is 21.0. The number of aromatic hydroxyl groups is 1. The van der Waals surface area contributed by atoms with Gasteiger partial charge in [0.05, 0.1) is 25.9 Å². The van der Waals surface area contributed by atoms with Crippen molar-refractivity contribution in [2.45, 2.75) is 13.0 Å². The molecule has 2 aliphatic rings. The zero-order valence-corrected chi connectivity index (χ0v) is 14.8. The summed E-state index contributed by atoms with van der Waals surface area (Å²) in [5, 5.41) is 9.82. The molecule has 0 saturated carbocycles. The predicted molar refractivity (Wildman–Crippen MR) is 97.6 cm³/mol. The first-order valence-corrected chi connectivity index (χ1v) is 8.94. The van der Waals surface area contributed by atoms with Gasteiger partial charge in [-0.25, -0.2) is 0 Å². The van der Waals surface area contributed by atoms with Gasteiger partial charge in [-0.1, -0.05) is 12.1 Å². The molecular weight excluding hydrogens is 334 g/mol. The van der Waals surface area contributed by atoms with E-state index in [-0.39, 0.29) is 11.9 Å². The predicted octanol–water partition coefficient (Wildman–Crippen LogP) is 1.31. The van der Waals surface area contributed by atoms with Gasteiger partial charge in [0.1, 0.15) is 5.75 Å². The number of ether oxygens (including phenoxy) is 2. The van der Waals surface area contributed by atoms with Crippen LogP contribution in [0.1, 0.15) is 6.92 Å². The highest BCUT2D eigenvalue weighted by Crippen LogP contribution is 2.25. The minimum atomic E-state index is 0.136. The number of anilines is 2. The summed E-state index contributed by atoms with van der Waals surface area (Å²) >= 11 is 0. The van der Waals surface area contributed by atoms with Crippen LogP contribution < -0.4 is 9.80 Å². The van der Waals surface area contributed by atoms with Gasteiger partial charge in [-0.05, 0) is 19.1 Å². The van der Waals surface area contributed by atoms with Crippen LogP contribution in [0.15, 0.2) is 24.3 Å². The number of phenols is 1. The van der Waals surface area contributed by atoms with E-state index in [1.54, 1.807) is 18.2 Å². The maximum Gasteiger partial charge on any atom is 0.230 e. The lowest BCUT2D eigenvalue weighted by Gasteiger charge is -2.32. The summed E-state index contributed by atoms with van der Waals surface area (Å²) in [6.45, 7) is 7.02. The summed E-state index contributed by atoms with van der Waals surface area (Å²) in [5.74, 6) is 2.05. The summed E-state index contributed by atoms with van der Waals surface area (Å²) < 4.78 is 11.1. The quantitative estimate of drug-likeness (QED) is 0.880. The topological polar surface area (TPSA) is 83.8 Å². The van der Waals surface area contributed by atoms with Gasteiger partial charge in [0, 0.05) is 31.7 Å². The Bertz CT molecular complexity index is 766. The Hall–Kier alpha value is -2.45. The average molecular weight is 357 g/mol. The standard InChI is InChI=1S/C18H23N5O3/c1-13-12-23(7-10-26-13)18-20-16(14-3-2-4-15(24)11-14)19-17(21-18)22-5-8-25-9-6-22/h2-4,11,13,24H,5-10,12H2,1H3/t13-/m1/s1. The number of hydrogen-bond donors (Lipinski definition) is 1. The van der Waals surface area contributed by atoms with E-state index in [0.717, 1.165) is 31.7 Å². The van der Waals surface area contributed by atoms with Crippen molar-refractivity contribution >= 4 is 11.9 Å². The molecule has 0 unspecified atom stereocenters. The molecule has 4 rings (SSSR count). The third-order valence-electron chi connectivity index (χ3n) is 4.53. The van der Waals surface area contributed by atoms with E-state index in [1.165, 1.54) is 0 Å². The monoisotopic (exact) mass is 357 g/mol. The first kappa shape index (κ1) is 17.0. The van der Waals surface area contributed by atoms with Crippen LogP contribution in [0.25, 0.3) is 11.4 Å². The summed E-state index contributed by atoms with van der Waals surface area (Å²) in [5.41, 5.74) is 0.768. The molecule has 0 bridgehead atoms. The summed E-state index contributed by atoms with van der Waals surface area (Å²) in [7, 11) is 0. The van der Waals surface area contributed by atoms with Crippen LogP contribution in [0.2, 0.25) is 0 Å². The second-order valence-corrected chi connectivity index (χ2v) is 6.54. The smallest absolute Gasteiger partial charge is 0.230 e. The fourth-order valence-electron chi connectivity index (χ4n) is 3.17. The van der Waals surface area contributed by atoms with Crippen molar-refractivity contribution in [3.63, 3.8) is 0 Å². The summed E-state index contributed by atoms with van der Waals surface area (Å²) in [6.07, 6.45) is 0.136. The first-order chi connectivity index (χ1) is 12.7. The molecule has 2 fully saturated rings. The molecule has 2 saturated heterocycles. The molecule has 138 valence electrons. The Kier molecular flexibility index (Phi) is 4.85. The maximum absolute atomic E-state index is 9.82. The third-order valence-corrected chi connectivity index (χ3v) is 4.53. The number of hydrogen-bond acceptors (Lipinski definition) is 8. The lowest BCUT2D eigenvalue weighted by Crippen LogP contribution is -2.43.